The van der Waals surface area contributed by atoms with Crippen molar-refractivity contribution in [2.24, 2.45) is 0 Å². The van der Waals surface area contributed by atoms with Gasteiger partial charge in [-0.15, -0.1) is 0 Å². The summed E-state index contributed by atoms with van der Waals surface area (Å²) >= 11 is 12.4. The third kappa shape index (κ3) is 6.52. The van der Waals surface area contributed by atoms with Crippen molar-refractivity contribution in [2.45, 2.75) is 19.5 Å². The molecule has 5 nitrogen and oxygen atoms in total. The van der Waals surface area contributed by atoms with E-state index in [2.05, 4.69) is 5.32 Å². The van der Waals surface area contributed by atoms with Gasteiger partial charge in [0.25, 0.3) is 5.91 Å². The predicted molar refractivity (Wildman–Crippen MR) is 151 cm³/mol. The molecule has 4 rings (SSSR count). The highest BCUT2D eigenvalue weighted by molar-refractivity contribution is 7.92. The Bertz CT molecular complexity index is 1490. The number of hydrogen-bond acceptors (Lipinski definition) is 3. The van der Waals surface area contributed by atoms with Gasteiger partial charge < -0.3 is 5.32 Å². The summed E-state index contributed by atoms with van der Waals surface area (Å²) in [5.74, 6) is -0.237. The van der Waals surface area contributed by atoms with Gasteiger partial charge in [0.05, 0.1) is 34.6 Å². The average molecular weight is 554 g/mol. The van der Waals surface area contributed by atoms with Crippen LogP contribution in [0.3, 0.4) is 0 Å². The number of nitrogens with one attached hydrogen (secondary N) is 1. The maximum absolute atomic E-state index is 13.2. The Morgan fingerprint density at radius 3 is 2.08 bits per heavy atom. The average Bonchev–Trinajstić information content (AvgIpc) is 2.88. The first-order valence-electron chi connectivity index (χ1n) is 11.6. The zero-order chi connectivity index (χ0) is 26.6. The van der Waals surface area contributed by atoms with Gasteiger partial charge in [0.2, 0.25) is 10.0 Å². The van der Waals surface area contributed by atoms with Gasteiger partial charge in [-0.25, -0.2) is 8.42 Å². The minimum atomic E-state index is -3.65. The number of nitrogens with zero attached hydrogens (tertiary/aromatic N) is 1. The summed E-state index contributed by atoms with van der Waals surface area (Å²) in [5.41, 5.74) is 4.53. The standard InChI is InChI=1S/C29H26Cl2N2O3S/c1-20-11-15-23(16-12-20)28(22-7-4-3-5-8-22)32-29(34)24-17-13-21(14-18-24)19-33(37(2,35)36)26-10-6-9-25(30)27(26)31/h3-18,28H,19H2,1-2H3,(H,32,34). The van der Waals surface area contributed by atoms with Gasteiger partial charge in [-0.1, -0.05) is 102 Å². The molecule has 1 N–H and O–H groups in total. The lowest BCUT2D eigenvalue weighted by Crippen LogP contribution is -2.30. The molecular formula is C29H26Cl2N2O3S. The van der Waals surface area contributed by atoms with Crippen molar-refractivity contribution >= 4 is 44.8 Å². The Labute approximate surface area is 227 Å². The van der Waals surface area contributed by atoms with E-state index in [1.54, 1.807) is 42.5 Å². The first-order chi connectivity index (χ1) is 17.6. The molecule has 1 amide bonds. The Hall–Kier alpha value is -3.32. The highest BCUT2D eigenvalue weighted by Crippen LogP contribution is 2.34. The summed E-state index contributed by atoms with van der Waals surface area (Å²) in [6.07, 6.45) is 1.11. The molecular weight excluding hydrogens is 527 g/mol. The molecule has 0 fully saturated rings. The predicted octanol–water partition coefficient (Wildman–Crippen LogP) is 6.79. The molecule has 4 aromatic carbocycles. The number of anilines is 1. The molecule has 0 radical (unpaired) electrons. The molecule has 1 unspecified atom stereocenters. The van der Waals surface area contributed by atoms with Gasteiger partial charge in [0.1, 0.15) is 0 Å². The lowest BCUT2D eigenvalue weighted by atomic mass is 9.97. The summed E-state index contributed by atoms with van der Waals surface area (Å²) in [6, 6.07) is 29.2. The van der Waals surface area contributed by atoms with Crippen LogP contribution in [0.1, 0.15) is 38.7 Å². The Kier molecular flexibility index (Phi) is 8.22. The van der Waals surface area contributed by atoms with E-state index in [0.29, 0.717) is 16.8 Å². The number of hydrogen-bond donors (Lipinski definition) is 1. The number of halogens is 2. The Balaban J connectivity index is 1.56. The van der Waals surface area contributed by atoms with Crippen molar-refractivity contribution in [3.05, 3.63) is 135 Å². The fraction of sp³-hybridized carbons (Fsp3) is 0.138. The van der Waals surface area contributed by atoms with Gasteiger partial charge in [-0.05, 0) is 47.9 Å². The van der Waals surface area contributed by atoms with Crippen LogP contribution in [0, 0.1) is 6.92 Å². The molecule has 0 saturated carbocycles. The summed E-state index contributed by atoms with van der Waals surface area (Å²) in [6.45, 7) is 2.06. The molecule has 190 valence electrons. The quantitative estimate of drug-likeness (QED) is 0.261. The second kappa shape index (κ2) is 11.4. The van der Waals surface area contributed by atoms with Crippen molar-refractivity contribution in [1.29, 1.82) is 0 Å². The molecule has 1 atom stereocenters. The van der Waals surface area contributed by atoms with Crippen LogP contribution in [0.4, 0.5) is 5.69 Å². The van der Waals surface area contributed by atoms with E-state index in [4.69, 9.17) is 23.2 Å². The maximum Gasteiger partial charge on any atom is 0.252 e. The minimum Gasteiger partial charge on any atom is -0.341 e. The normalized spacial score (nSPS) is 12.1. The van der Waals surface area contributed by atoms with Crippen molar-refractivity contribution in [3.63, 3.8) is 0 Å². The zero-order valence-electron chi connectivity index (χ0n) is 20.4. The van der Waals surface area contributed by atoms with E-state index in [-0.39, 0.29) is 28.5 Å². The van der Waals surface area contributed by atoms with Gasteiger partial charge in [-0.2, -0.15) is 0 Å². The molecule has 0 saturated heterocycles. The number of sulfonamides is 1. The van der Waals surface area contributed by atoms with Gasteiger partial charge >= 0.3 is 0 Å². The minimum absolute atomic E-state index is 0.0385. The summed E-state index contributed by atoms with van der Waals surface area (Å²) < 4.78 is 26.3. The lowest BCUT2D eigenvalue weighted by molar-refractivity contribution is 0.0943. The fourth-order valence-electron chi connectivity index (χ4n) is 3.97. The number of rotatable bonds is 8. The number of amides is 1. The third-order valence-corrected chi connectivity index (χ3v) is 7.90. The number of benzene rings is 4. The Morgan fingerprint density at radius 1 is 0.838 bits per heavy atom. The molecule has 37 heavy (non-hydrogen) atoms. The van der Waals surface area contributed by atoms with Crippen molar-refractivity contribution in [3.8, 4) is 0 Å². The van der Waals surface area contributed by atoms with Crippen molar-refractivity contribution < 1.29 is 13.2 Å². The van der Waals surface area contributed by atoms with E-state index in [1.807, 2.05) is 61.5 Å². The summed E-state index contributed by atoms with van der Waals surface area (Å²) in [5, 5.41) is 3.56. The van der Waals surface area contributed by atoms with E-state index < -0.39 is 10.0 Å². The highest BCUT2D eigenvalue weighted by atomic mass is 35.5. The van der Waals surface area contributed by atoms with E-state index >= 15 is 0 Å². The molecule has 0 bridgehead atoms. The van der Waals surface area contributed by atoms with Crippen LogP contribution in [-0.4, -0.2) is 20.6 Å². The molecule has 0 heterocycles. The van der Waals surface area contributed by atoms with Crippen LogP contribution in [0.5, 0.6) is 0 Å². The first kappa shape index (κ1) is 26.7. The molecule has 0 aliphatic heterocycles. The summed E-state index contributed by atoms with van der Waals surface area (Å²) in [4.78, 5) is 13.2. The number of carbonyl (C=O) groups excluding carboxylic acids is 1. The SMILES string of the molecule is Cc1ccc(C(NC(=O)c2ccc(CN(c3cccc(Cl)c3Cl)S(C)(=O)=O)cc2)c2ccccc2)cc1. The smallest absolute Gasteiger partial charge is 0.252 e. The second-order valence-electron chi connectivity index (χ2n) is 8.77. The summed E-state index contributed by atoms with van der Waals surface area (Å²) in [7, 11) is -3.65. The first-order valence-corrected chi connectivity index (χ1v) is 14.2. The van der Waals surface area contributed by atoms with Crippen LogP contribution in [-0.2, 0) is 16.6 Å². The second-order valence-corrected chi connectivity index (χ2v) is 11.5. The lowest BCUT2D eigenvalue weighted by Gasteiger charge is -2.24. The topological polar surface area (TPSA) is 66.5 Å². The fourth-order valence-corrected chi connectivity index (χ4v) is 5.31. The molecule has 0 spiro atoms. The molecule has 8 heteroatoms. The van der Waals surface area contributed by atoms with Crippen molar-refractivity contribution in [2.75, 3.05) is 10.6 Å². The van der Waals surface area contributed by atoms with Crippen LogP contribution < -0.4 is 9.62 Å². The third-order valence-electron chi connectivity index (χ3n) is 5.96. The molecule has 0 aliphatic rings. The van der Waals surface area contributed by atoms with Crippen molar-refractivity contribution in [1.82, 2.24) is 5.32 Å². The molecule has 0 aromatic heterocycles. The Morgan fingerprint density at radius 2 is 1.46 bits per heavy atom. The monoisotopic (exact) mass is 552 g/mol. The number of carbonyl (C=O) groups is 1. The van der Waals surface area contributed by atoms with Crippen LogP contribution in [0.25, 0.3) is 0 Å². The van der Waals surface area contributed by atoms with Gasteiger partial charge in [-0.3, -0.25) is 9.10 Å². The maximum atomic E-state index is 13.2. The highest BCUT2D eigenvalue weighted by Gasteiger charge is 2.22. The van der Waals surface area contributed by atoms with Gasteiger partial charge in [0.15, 0.2) is 0 Å². The van der Waals surface area contributed by atoms with E-state index in [9.17, 15) is 13.2 Å². The molecule has 0 aliphatic carbocycles. The van der Waals surface area contributed by atoms with E-state index in [0.717, 1.165) is 22.9 Å². The van der Waals surface area contributed by atoms with Crippen LogP contribution in [0.2, 0.25) is 10.0 Å². The molecule has 4 aromatic rings. The van der Waals surface area contributed by atoms with Crippen LogP contribution in [0.15, 0.2) is 97.1 Å². The van der Waals surface area contributed by atoms with Gasteiger partial charge in [0, 0.05) is 5.56 Å². The largest absolute Gasteiger partial charge is 0.341 e. The number of aryl methyl sites for hydroxylation is 1. The van der Waals surface area contributed by atoms with Crippen LogP contribution >= 0.6 is 23.2 Å². The van der Waals surface area contributed by atoms with E-state index in [1.165, 1.54) is 4.31 Å². The zero-order valence-corrected chi connectivity index (χ0v) is 22.7.